The fourth-order valence-electron chi connectivity index (χ4n) is 1.99. The maximum absolute atomic E-state index is 13.2. The topological polar surface area (TPSA) is 59.1 Å². The van der Waals surface area contributed by atoms with Gasteiger partial charge in [0.1, 0.15) is 10.8 Å². The average Bonchev–Trinajstić information content (AvgIpc) is 3.17. The van der Waals surface area contributed by atoms with Crippen molar-refractivity contribution in [1.82, 2.24) is 9.71 Å². The summed E-state index contributed by atoms with van der Waals surface area (Å²) in [6, 6.07) is 7.22. The lowest BCUT2D eigenvalue weighted by atomic mass is 10.3. The minimum atomic E-state index is -3.78. The van der Waals surface area contributed by atoms with Crippen molar-refractivity contribution >= 4 is 44.3 Å². The Morgan fingerprint density at radius 2 is 2.12 bits per heavy atom. The molecular weight excluding hydrogens is 391 g/mol. The Bertz CT molecular complexity index is 969. The van der Waals surface area contributed by atoms with Gasteiger partial charge in [-0.05, 0) is 36.6 Å². The van der Waals surface area contributed by atoms with E-state index in [-0.39, 0.29) is 16.5 Å². The first-order valence-electron chi connectivity index (χ1n) is 6.82. The van der Waals surface area contributed by atoms with E-state index in [1.165, 1.54) is 17.4 Å². The van der Waals surface area contributed by atoms with E-state index in [0.717, 1.165) is 32.6 Å². The third kappa shape index (κ3) is 3.68. The SMILES string of the molecule is Cc1nc(-c2cccs2)sc1CNS(=O)(=O)c1ccc(F)c(Cl)c1. The Balaban J connectivity index is 1.78. The largest absolute Gasteiger partial charge is 0.240 e. The number of aromatic nitrogens is 1. The van der Waals surface area contributed by atoms with Crippen molar-refractivity contribution in [2.45, 2.75) is 18.4 Å². The molecule has 2 heterocycles. The molecule has 0 atom stereocenters. The number of thiazole rings is 1. The van der Waals surface area contributed by atoms with E-state index in [1.54, 1.807) is 11.3 Å². The number of hydrogen-bond acceptors (Lipinski definition) is 5. The Morgan fingerprint density at radius 3 is 2.79 bits per heavy atom. The van der Waals surface area contributed by atoms with E-state index < -0.39 is 15.8 Å². The molecule has 2 aromatic heterocycles. The van der Waals surface area contributed by atoms with Crippen LogP contribution in [0.25, 0.3) is 9.88 Å². The van der Waals surface area contributed by atoms with Crippen molar-refractivity contribution in [3.05, 3.63) is 57.1 Å². The van der Waals surface area contributed by atoms with Crippen molar-refractivity contribution in [1.29, 1.82) is 0 Å². The van der Waals surface area contributed by atoms with Crippen molar-refractivity contribution in [3.8, 4) is 9.88 Å². The van der Waals surface area contributed by atoms with Crippen molar-refractivity contribution in [3.63, 3.8) is 0 Å². The van der Waals surface area contributed by atoms with Gasteiger partial charge in [-0.1, -0.05) is 17.7 Å². The minimum absolute atomic E-state index is 0.0745. The van der Waals surface area contributed by atoms with Crippen LogP contribution in [0.3, 0.4) is 0 Å². The van der Waals surface area contributed by atoms with Gasteiger partial charge in [0.2, 0.25) is 10.0 Å². The molecule has 4 nitrogen and oxygen atoms in total. The van der Waals surface area contributed by atoms with Gasteiger partial charge < -0.3 is 0 Å². The molecule has 0 aliphatic heterocycles. The van der Waals surface area contributed by atoms with Crippen LogP contribution in [0.5, 0.6) is 0 Å². The van der Waals surface area contributed by atoms with Gasteiger partial charge in [-0.3, -0.25) is 0 Å². The van der Waals surface area contributed by atoms with Crippen molar-refractivity contribution in [2.24, 2.45) is 0 Å². The summed E-state index contributed by atoms with van der Waals surface area (Å²) in [6.45, 7) is 1.96. The summed E-state index contributed by atoms with van der Waals surface area (Å²) in [5, 5.41) is 2.60. The van der Waals surface area contributed by atoms with E-state index in [2.05, 4.69) is 9.71 Å². The number of hydrogen-bond donors (Lipinski definition) is 1. The number of nitrogens with zero attached hydrogens (tertiary/aromatic N) is 1. The highest BCUT2D eigenvalue weighted by atomic mass is 35.5. The fourth-order valence-corrected chi connectivity index (χ4v) is 5.14. The van der Waals surface area contributed by atoms with Crippen LogP contribution in [0.2, 0.25) is 5.02 Å². The first-order chi connectivity index (χ1) is 11.4. The van der Waals surface area contributed by atoms with Crippen LogP contribution in [-0.4, -0.2) is 13.4 Å². The highest BCUT2D eigenvalue weighted by molar-refractivity contribution is 7.89. The first kappa shape index (κ1) is 17.5. The Kier molecular flexibility index (Phi) is 5.03. The van der Waals surface area contributed by atoms with E-state index >= 15 is 0 Å². The number of aryl methyl sites for hydroxylation is 1. The Hall–Kier alpha value is -1.32. The van der Waals surface area contributed by atoms with E-state index in [4.69, 9.17) is 11.6 Å². The van der Waals surface area contributed by atoms with Gasteiger partial charge in [-0.15, -0.1) is 22.7 Å². The highest BCUT2D eigenvalue weighted by Gasteiger charge is 2.18. The van der Waals surface area contributed by atoms with Gasteiger partial charge in [0.25, 0.3) is 0 Å². The number of thiophene rings is 1. The van der Waals surface area contributed by atoms with Gasteiger partial charge in [0.05, 0.1) is 20.5 Å². The number of benzene rings is 1. The predicted molar refractivity (Wildman–Crippen MR) is 95.6 cm³/mol. The molecule has 0 spiro atoms. The Morgan fingerprint density at radius 1 is 1.33 bits per heavy atom. The van der Waals surface area contributed by atoms with Crippen LogP contribution in [-0.2, 0) is 16.6 Å². The monoisotopic (exact) mass is 402 g/mol. The van der Waals surface area contributed by atoms with Crippen molar-refractivity contribution < 1.29 is 12.8 Å². The zero-order valence-corrected chi connectivity index (χ0v) is 15.6. The second-order valence-corrected chi connectivity index (χ2v) is 9.11. The highest BCUT2D eigenvalue weighted by Crippen LogP contribution is 2.31. The lowest BCUT2D eigenvalue weighted by Gasteiger charge is -2.06. The zero-order valence-electron chi connectivity index (χ0n) is 12.4. The number of rotatable bonds is 5. The molecule has 0 fully saturated rings. The summed E-state index contributed by atoms with van der Waals surface area (Å²) in [4.78, 5) is 6.27. The molecule has 0 saturated carbocycles. The van der Waals surface area contributed by atoms with E-state index in [9.17, 15) is 12.8 Å². The van der Waals surface area contributed by atoms with Gasteiger partial charge in [0.15, 0.2) is 0 Å². The summed E-state index contributed by atoms with van der Waals surface area (Å²) in [6.07, 6.45) is 0. The van der Waals surface area contributed by atoms with Crippen LogP contribution in [0, 0.1) is 12.7 Å². The van der Waals surface area contributed by atoms with Crippen LogP contribution in [0.1, 0.15) is 10.6 Å². The van der Waals surface area contributed by atoms with Crippen LogP contribution < -0.4 is 4.72 Å². The molecule has 1 aromatic carbocycles. The molecule has 0 aliphatic carbocycles. The number of sulfonamides is 1. The smallest absolute Gasteiger partial charge is 0.240 e. The summed E-state index contributed by atoms with van der Waals surface area (Å²) >= 11 is 8.67. The minimum Gasteiger partial charge on any atom is -0.240 e. The average molecular weight is 403 g/mol. The first-order valence-corrected chi connectivity index (χ1v) is 10.4. The molecule has 0 unspecified atom stereocenters. The predicted octanol–water partition coefficient (Wildman–Crippen LogP) is 4.45. The molecule has 3 aromatic rings. The second-order valence-electron chi connectivity index (χ2n) is 4.91. The summed E-state index contributed by atoms with van der Waals surface area (Å²) in [7, 11) is -3.78. The fraction of sp³-hybridized carbons (Fsp3) is 0.133. The zero-order chi connectivity index (χ0) is 17.3. The molecular formula is C15H12ClFN2O2S3. The third-order valence-electron chi connectivity index (χ3n) is 3.25. The second kappa shape index (κ2) is 6.89. The van der Waals surface area contributed by atoms with Gasteiger partial charge in [0, 0.05) is 11.4 Å². The normalized spacial score (nSPS) is 11.8. The molecule has 0 radical (unpaired) electrons. The molecule has 0 bridgehead atoms. The quantitative estimate of drug-likeness (QED) is 0.685. The summed E-state index contributed by atoms with van der Waals surface area (Å²) in [5.41, 5.74) is 0.781. The lowest BCUT2D eigenvalue weighted by molar-refractivity contribution is 0.580. The summed E-state index contributed by atoms with van der Waals surface area (Å²) < 4.78 is 40.3. The molecule has 1 N–H and O–H groups in total. The van der Waals surface area contributed by atoms with Crippen LogP contribution in [0.4, 0.5) is 4.39 Å². The number of nitrogens with one attached hydrogen (secondary N) is 1. The van der Waals surface area contributed by atoms with E-state index in [0.29, 0.717) is 0 Å². The van der Waals surface area contributed by atoms with Crippen LogP contribution >= 0.6 is 34.3 Å². The van der Waals surface area contributed by atoms with Crippen LogP contribution in [0.15, 0.2) is 40.6 Å². The summed E-state index contributed by atoms with van der Waals surface area (Å²) in [5.74, 6) is -0.658. The molecule has 9 heteroatoms. The molecule has 0 aliphatic rings. The van der Waals surface area contributed by atoms with E-state index in [1.807, 2.05) is 24.4 Å². The molecule has 0 saturated heterocycles. The molecule has 3 rings (SSSR count). The standard InChI is InChI=1S/C15H12ClFN2O2S3/c1-9-14(23-15(19-9)13-3-2-6-22-13)8-18-24(20,21)10-4-5-12(17)11(16)7-10/h2-7,18H,8H2,1H3. The van der Waals surface area contributed by atoms with Gasteiger partial charge in [-0.25, -0.2) is 22.5 Å². The maximum Gasteiger partial charge on any atom is 0.240 e. The lowest BCUT2D eigenvalue weighted by Crippen LogP contribution is -2.23. The van der Waals surface area contributed by atoms with Gasteiger partial charge in [-0.2, -0.15) is 0 Å². The van der Waals surface area contributed by atoms with Gasteiger partial charge >= 0.3 is 0 Å². The maximum atomic E-state index is 13.2. The van der Waals surface area contributed by atoms with Crippen molar-refractivity contribution in [2.75, 3.05) is 0 Å². The number of halogens is 2. The third-order valence-corrected chi connectivity index (χ3v) is 7.13. The Labute approximate surface area is 152 Å². The molecule has 24 heavy (non-hydrogen) atoms. The molecule has 126 valence electrons. The molecule has 0 amide bonds.